The highest BCUT2D eigenvalue weighted by molar-refractivity contribution is 5.64. The maximum absolute atomic E-state index is 14.2. The van der Waals surface area contributed by atoms with Gasteiger partial charge in [-0.3, -0.25) is 0 Å². The Hall–Kier alpha value is -2.75. The summed E-state index contributed by atoms with van der Waals surface area (Å²) in [6.07, 6.45) is 1.26. The Labute approximate surface area is 157 Å². The lowest BCUT2D eigenvalue weighted by Gasteiger charge is -2.10. The minimum absolute atomic E-state index is 0.0618. The fourth-order valence-corrected chi connectivity index (χ4v) is 2.88. The molecule has 27 heavy (non-hydrogen) atoms. The number of ether oxygens (including phenoxy) is 1. The molecule has 0 bridgehead atoms. The lowest BCUT2D eigenvalue weighted by atomic mass is 10.0. The molecule has 0 spiro atoms. The molecule has 0 fully saturated rings. The van der Waals surface area contributed by atoms with E-state index in [0.29, 0.717) is 23.3 Å². The Bertz CT molecular complexity index is 933. The Morgan fingerprint density at radius 1 is 0.778 bits per heavy atom. The van der Waals surface area contributed by atoms with E-state index in [1.54, 1.807) is 49.4 Å². The van der Waals surface area contributed by atoms with Gasteiger partial charge in [0.25, 0.3) is 0 Å². The van der Waals surface area contributed by atoms with Gasteiger partial charge in [-0.2, -0.15) is 0 Å². The minimum Gasteiger partial charge on any atom is -0.489 e. The summed E-state index contributed by atoms with van der Waals surface area (Å²) in [7, 11) is 0. The van der Waals surface area contributed by atoms with E-state index in [0.717, 1.165) is 17.5 Å². The predicted octanol–water partition coefficient (Wildman–Crippen LogP) is 6.61. The van der Waals surface area contributed by atoms with Gasteiger partial charge < -0.3 is 4.74 Å². The van der Waals surface area contributed by atoms with Gasteiger partial charge in [-0.15, -0.1) is 0 Å². The smallest absolute Gasteiger partial charge is 0.165 e. The Morgan fingerprint density at radius 2 is 1.41 bits per heavy atom. The van der Waals surface area contributed by atoms with Crippen LogP contribution in [0.1, 0.15) is 30.0 Å². The van der Waals surface area contributed by atoms with Crippen LogP contribution in [-0.4, -0.2) is 0 Å². The lowest BCUT2D eigenvalue weighted by molar-refractivity contribution is 0.297. The first-order valence-corrected chi connectivity index (χ1v) is 8.94. The van der Waals surface area contributed by atoms with E-state index in [4.69, 9.17) is 4.74 Å². The summed E-state index contributed by atoms with van der Waals surface area (Å²) >= 11 is 0. The van der Waals surface area contributed by atoms with Crippen molar-refractivity contribution in [3.63, 3.8) is 0 Å². The molecule has 140 valence electrons. The molecule has 0 heterocycles. The van der Waals surface area contributed by atoms with Crippen LogP contribution in [0.2, 0.25) is 0 Å². The molecular formula is C23H21F3O. The van der Waals surface area contributed by atoms with Crippen molar-refractivity contribution in [3.8, 4) is 16.9 Å². The van der Waals surface area contributed by atoms with Crippen molar-refractivity contribution in [1.82, 2.24) is 0 Å². The van der Waals surface area contributed by atoms with Crippen LogP contribution in [0.25, 0.3) is 11.1 Å². The molecule has 3 aromatic carbocycles. The topological polar surface area (TPSA) is 9.23 Å². The van der Waals surface area contributed by atoms with Crippen molar-refractivity contribution in [3.05, 3.63) is 88.7 Å². The highest BCUT2D eigenvalue weighted by Crippen LogP contribution is 2.25. The van der Waals surface area contributed by atoms with E-state index >= 15 is 0 Å². The van der Waals surface area contributed by atoms with Crippen LogP contribution in [0, 0.1) is 24.4 Å². The van der Waals surface area contributed by atoms with Gasteiger partial charge >= 0.3 is 0 Å². The molecule has 0 radical (unpaired) electrons. The van der Waals surface area contributed by atoms with Crippen molar-refractivity contribution >= 4 is 0 Å². The number of hydrogen-bond donors (Lipinski definition) is 0. The van der Waals surface area contributed by atoms with Crippen molar-refractivity contribution < 1.29 is 17.9 Å². The summed E-state index contributed by atoms with van der Waals surface area (Å²) in [5.74, 6) is -1.37. The van der Waals surface area contributed by atoms with E-state index in [1.807, 2.05) is 13.0 Å². The van der Waals surface area contributed by atoms with Crippen molar-refractivity contribution in [1.29, 1.82) is 0 Å². The molecule has 0 N–H and O–H groups in total. The highest BCUT2D eigenvalue weighted by Gasteiger charge is 2.13. The molecule has 0 saturated carbocycles. The number of aryl methyl sites for hydroxylation is 2. The average molecular weight is 370 g/mol. The van der Waals surface area contributed by atoms with E-state index < -0.39 is 11.6 Å². The Balaban J connectivity index is 1.70. The minimum atomic E-state index is -0.854. The second-order valence-corrected chi connectivity index (χ2v) is 6.54. The van der Waals surface area contributed by atoms with E-state index in [1.165, 1.54) is 6.07 Å². The second-order valence-electron chi connectivity index (χ2n) is 6.54. The SMILES string of the molecule is CCCc1ccc(COc2ccc(-c3ccc(C)c(F)c3)cc2)c(F)c1F. The molecule has 0 aliphatic carbocycles. The molecule has 0 unspecified atom stereocenters. The van der Waals surface area contributed by atoms with E-state index in [-0.39, 0.29) is 18.0 Å². The zero-order chi connectivity index (χ0) is 19.4. The van der Waals surface area contributed by atoms with Crippen LogP contribution >= 0.6 is 0 Å². The van der Waals surface area contributed by atoms with Crippen LogP contribution in [0.3, 0.4) is 0 Å². The molecule has 3 aromatic rings. The van der Waals surface area contributed by atoms with Crippen molar-refractivity contribution in [2.24, 2.45) is 0 Å². The molecular weight excluding hydrogens is 349 g/mol. The largest absolute Gasteiger partial charge is 0.489 e. The van der Waals surface area contributed by atoms with Gasteiger partial charge in [-0.05, 0) is 53.8 Å². The number of hydrogen-bond acceptors (Lipinski definition) is 1. The number of benzene rings is 3. The maximum Gasteiger partial charge on any atom is 0.165 e. The molecule has 3 rings (SSSR count). The summed E-state index contributed by atoms with van der Waals surface area (Å²) < 4.78 is 47.5. The van der Waals surface area contributed by atoms with Crippen LogP contribution in [-0.2, 0) is 13.0 Å². The molecule has 0 aliphatic heterocycles. The van der Waals surface area contributed by atoms with Gasteiger partial charge in [0.15, 0.2) is 11.6 Å². The third-order valence-corrected chi connectivity index (χ3v) is 4.52. The summed E-state index contributed by atoms with van der Waals surface area (Å²) in [5, 5.41) is 0. The van der Waals surface area contributed by atoms with Crippen molar-refractivity contribution in [2.75, 3.05) is 0 Å². The predicted molar refractivity (Wildman–Crippen MR) is 101 cm³/mol. The van der Waals surface area contributed by atoms with Gasteiger partial charge in [0.05, 0.1) is 0 Å². The molecule has 0 aliphatic rings. The normalized spacial score (nSPS) is 10.9. The first kappa shape index (κ1) is 19.0. The summed E-state index contributed by atoms with van der Waals surface area (Å²) in [6.45, 7) is 3.57. The van der Waals surface area contributed by atoms with Gasteiger partial charge in [-0.25, -0.2) is 13.2 Å². The molecule has 0 amide bonds. The Morgan fingerprint density at radius 3 is 2.07 bits per heavy atom. The molecule has 0 aromatic heterocycles. The van der Waals surface area contributed by atoms with Crippen LogP contribution in [0.4, 0.5) is 13.2 Å². The fraction of sp³-hybridized carbons (Fsp3) is 0.217. The van der Waals surface area contributed by atoms with E-state index in [9.17, 15) is 13.2 Å². The summed E-state index contributed by atoms with van der Waals surface area (Å²) in [4.78, 5) is 0. The zero-order valence-electron chi connectivity index (χ0n) is 15.4. The van der Waals surface area contributed by atoms with Crippen LogP contribution < -0.4 is 4.74 Å². The number of halogens is 3. The summed E-state index contributed by atoms with van der Waals surface area (Å²) in [6, 6.07) is 15.3. The maximum atomic E-state index is 14.2. The van der Waals surface area contributed by atoms with Crippen molar-refractivity contribution in [2.45, 2.75) is 33.3 Å². The third kappa shape index (κ3) is 4.33. The second kappa shape index (κ2) is 8.30. The molecule has 4 heteroatoms. The van der Waals surface area contributed by atoms with Crippen LogP contribution in [0.15, 0.2) is 54.6 Å². The van der Waals surface area contributed by atoms with Crippen LogP contribution in [0.5, 0.6) is 5.75 Å². The van der Waals surface area contributed by atoms with Gasteiger partial charge in [0.2, 0.25) is 0 Å². The third-order valence-electron chi connectivity index (χ3n) is 4.52. The first-order valence-electron chi connectivity index (χ1n) is 8.94. The average Bonchev–Trinajstić information content (AvgIpc) is 2.68. The summed E-state index contributed by atoms with van der Waals surface area (Å²) in [5.41, 5.74) is 2.77. The van der Waals surface area contributed by atoms with E-state index in [2.05, 4.69) is 0 Å². The molecule has 1 nitrogen and oxygen atoms in total. The van der Waals surface area contributed by atoms with Gasteiger partial charge in [-0.1, -0.05) is 49.7 Å². The quantitative estimate of drug-likeness (QED) is 0.474. The number of rotatable bonds is 6. The fourth-order valence-electron chi connectivity index (χ4n) is 2.88. The molecule has 0 atom stereocenters. The first-order chi connectivity index (χ1) is 13.0. The Kier molecular flexibility index (Phi) is 5.84. The van der Waals surface area contributed by atoms with Gasteiger partial charge in [0, 0.05) is 5.56 Å². The molecule has 0 saturated heterocycles. The standard InChI is InChI=1S/C23H21F3O/c1-3-4-17-7-8-19(23(26)22(17)25)14-27-20-11-9-16(10-12-20)18-6-5-15(2)21(24)13-18/h5-13H,3-4,14H2,1-2H3. The van der Waals surface area contributed by atoms with Gasteiger partial charge in [0.1, 0.15) is 18.2 Å². The zero-order valence-corrected chi connectivity index (χ0v) is 15.4. The monoisotopic (exact) mass is 370 g/mol. The lowest BCUT2D eigenvalue weighted by Crippen LogP contribution is -2.03. The highest BCUT2D eigenvalue weighted by atomic mass is 19.2.